The molecule has 1 rings (SSSR count). The van der Waals surface area contributed by atoms with Gasteiger partial charge in [0.05, 0.1) is 12.8 Å². The van der Waals surface area contributed by atoms with Gasteiger partial charge in [0, 0.05) is 30.8 Å². The fourth-order valence-corrected chi connectivity index (χ4v) is 1.83. The summed E-state index contributed by atoms with van der Waals surface area (Å²) in [5.41, 5.74) is 6.94. The van der Waals surface area contributed by atoms with Crippen LogP contribution in [0.15, 0.2) is 18.2 Å². The normalized spacial score (nSPS) is 12.2. The zero-order valence-corrected chi connectivity index (χ0v) is 12.8. The SMILES string of the molecule is CCC(C)N(C)CCC(=O)Nc1ccc(N)cc1OC. The molecule has 0 saturated heterocycles. The zero-order chi connectivity index (χ0) is 15.1. The van der Waals surface area contributed by atoms with Gasteiger partial charge in [-0.05, 0) is 32.5 Å². The second-order valence-corrected chi connectivity index (χ2v) is 5.00. The van der Waals surface area contributed by atoms with Crippen molar-refractivity contribution in [3.63, 3.8) is 0 Å². The van der Waals surface area contributed by atoms with Crippen LogP contribution in [0, 0.1) is 0 Å². The summed E-state index contributed by atoms with van der Waals surface area (Å²) in [4.78, 5) is 14.1. The molecular weight excluding hydrogens is 254 g/mol. The maximum atomic E-state index is 12.0. The van der Waals surface area contributed by atoms with Crippen molar-refractivity contribution in [2.24, 2.45) is 0 Å². The maximum Gasteiger partial charge on any atom is 0.225 e. The largest absolute Gasteiger partial charge is 0.494 e. The van der Waals surface area contributed by atoms with E-state index in [-0.39, 0.29) is 5.91 Å². The molecule has 0 fully saturated rings. The average molecular weight is 279 g/mol. The van der Waals surface area contributed by atoms with E-state index in [0.29, 0.717) is 29.6 Å². The van der Waals surface area contributed by atoms with Crippen LogP contribution in [-0.4, -0.2) is 37.6 Å². The number of nitrogens with zero attached hydrogens (tertiary/aromatic N) is 1. The molecule has 1 aromatic rings. The Balaban J connectivity index is 2.54. The Morgan fingerprint density at radius 1 is 1.50 bits per heavy atom. The average Bonchev–Trinajstić information content (AvgIpc) is 2.45. The van der Waals surface area contributed by atoms with Gasteiger partial charge in [0.25, 0.3) is 0 Å². The van der Waals surface area contributed by atoms with E-state index in [1.165, 1.54) is 0 Å². The van der Waals surface area contributed by atoms with Crippen molar-refractivity contribution in [2.75, 3.05) is 31.8 Å². The molecule has 0 heterocycles. The lowest BCUT2D eigenvalue weighted by Crippen LogP contribution is -2.31. The maximum absolute atomic E-state index is 12.0. The van der Waals surface area contributed by atoms with Crippen LogP contribution >= 0.6 is 0 Å². The highest BCUT2D eigenvalue weighted by Gasteiger charge is 2.11. The van der Waals surface area contributed by atoms with Gasteiger partial charge in [-0.2, -0.15) is 0 Å². The Morgan fingerprint density at radius 3 is 2.80 bits per heavy atom. The predicted octanol–water partition coefficient (Wildman–Crippen LogP) is 2.34. The molecule has 1 unspecified atom stereocenters. The summed E-state index contributed by atoms with van der Waals surface area (Å²) in [6.45, 7) is 5.03. The molecule has 1 amide bonds. The number of hydrogen-bond donors (Lipinski definition) is 2. The van der Waals surface area contributed by atoms with Crippen molar-refractivity contribution in [3.05, 3.63) is 18.2 Å². The Labute approximate surface area is 121 Å². The number of rotatable bonds is 7. The lowest BCUT2D eigenvalue weighted by atomic mass is 10.2. The van der Waals surface area contributed by atoms with Gasteiger partial charge in [-0.25, -0.2) is 0 Å². The Bertz CT molecular complexity index is 449. The molecule has 0 aliphatic carbocycles. The van der Waals surface area contributed by atoms with E-state index in [1.54, 1.807) is 25.3 Å². The van der Waals surface area contributed by atoms with Gasteiger partial charge in [0.2, 0.25) is 5.91 Å². The molecule has 5 nitrogen and oxygen atoms in total. The van der Waals surface area contributed by atoms with Gasteiger partial charge < -0.3 is 20.7 Å². The van der Waals surface area contributed by atoms with E-state index in [1.807, 2.05) is 7.05 Å². The van der Waals surface area contributed by atoms with E-state index in [2.05, 4.69) is 24.1 Å². The number of ether oxygens (including phenoxy) is 1. The number of anilines is 2. The molecule has 3 N–H and O–H groups in total. The van der Waals surface area contributed by atoms with Crippen LogP contribution in [0.4, 0.5) is 11.4 Å². The molecule has 0 radical (unpaired) electrons. The van der Waals surface area contributed by atoms with Crippen LogP contribution in [0.3, 0.4) is 0 Å². The summed E-state index contributed by atoms with van der Waals surface area (Å²) >= 11 is 0. The molecule has 0 saturated carbocycles. The molecule has 0 aliphatic heterocycles. The van der Waals surface area contributed by atoms with Crippen LogP contribution < -0.4 is 15.8 Å². The van der Waals surface area contributed by atoms with Crippen molar-refractivity contribution in [1.82, 2.24) is 4.90 Å². The van der Waals surface area contributed by atoms with E-state index in [0.717, 1.165) is 13.0 Å². The number of nitrogens with one attached hydrogen (secondary N) is 1. The third kappa shape index (κ3) is 4.74. The minimum Gasteiger partial charge on any atom is -0.494 e. The third-order valence-corrected chi connectivity index (χ3v) is 3.53. The molecular formula is C15H25N3O2. The Morgan fingerprint density at radius 2 is 2.20 bits per heavy atom. The second-order valence-electron chi connectivity index (χ2n) is 5.00. The fraction of sp³-hybridized carbons (Fsp3) is 0.533. The van der Waals surface area contributed by atoms with Gasteiger partial charge in [-0.15, -0.1) is 0 Å². The molecule has 0 bridgehead atoms. The van der Waals surface area contributed by atoms with Crippen LogP contribution in [-0.2, 0) is 4.79 Å². The number of amides is 1. The van der Waals surface area contributed by atoms with Gasteiger partial charge in [-0.1, -0.05) is 6.92 Å². The summed E-state index contributed by atoms with van der Waals surface area (Å²) in [5.74, 6) is 0.553. The first kappa shape index (κ1) is 16.3. The molecule has 0 aromatic heterocycles. The highest BCUT2D eigenvalue weighted by Crippen LogP contribution is 2.26. The van der Waals surface area contributed by atoms with Crippen molar-refractivity contribution < 1.29 is 9.53 Å². The lowest BCUT2D eigenvalue weighted by molar-refractivity contribution is -0.116. The summed E-state index contributed by atoms with van der Waals surface area (Å²) in [6.07, 6.45) is 1.53. The lowest BCUT2D eigenvalue weighted by Gasteiger charge is -2.23. The van der Waals surface area contributed by atoms with Crippen molar-refractivity contribution in [2.45, 2.75) is 32.7 Å². The topological polar surface area (TPSA) is 67.6 Å². The number of methoxy groups -OCH3 is 1. The first-order valence-corrected chi connectivity index (χ1v) is 6.91. The van der Waals surface area contributed by atoms with Gasteiger partial charge in [-0.3, -0.25) is 4.79 Å². The van der Waals surface area contributed by atoms with E-state index < -0.39 is 0 Å². The Kier molecular flexibility index (Phi) is 6.31. The third-order valence-electron chi connectivity index (χ3n) is 3.53. The second kappa shape index (κ2) is 7.75. The molecule has 0 aliphatic rings. The van der Waals surface area contributed by atoms with Crippen molar-refractivity contribution in [3.8, 4) is 5.75 Å². The highest BCUT2D eigenvalue weighted by molar-refractivity contribution is 5.92. The van der Waals surface area contributed by atoms with Crippen LogP contribution in [0.25, 0.3) is 0 Å². The number of nitrogen functional groups attached to an aromatic ring is 1. The van der Waals surface area contributed by atoms with E-state index in [9.17, 15) is 4.79 Å². The number of benzene rings is 1. The molecule has 5 heteroatoms. The minimum atomic E-state index is -0.0248. The molecule has 20 heavy (non-hydrogen) atoms. The fourth-order valence-electron chi connectivity index (χ4n) is 1.83. The molecule has 1 aromatic carbocycles. The summed E-state index contributed by atoms with van der Waals surface area (Å²) in [5, 5.41) is 2.85. The monoisotopic (exact) mass is 279 g/mol. The van der Waals surface area contributed by atoms with Crippen molar-refractivity contribution in [1.29, 1.82) is 0 Å². The Hall–Kier alpha value is -1.75. The summed E-state index contributed by atoms with van der Waals surface area (Å²) in [7, 11) is 3.59. The smallest absolute Gasteiger partial charge is 0.225 e. The minimum absolute atomic E-state index is 0.0248. The van der Waals surface area contributed by atoms with Gasteiger partial charge in [0.15, 0.2) is 0 Å². The molecule has 0 spiro atoms. The number of carbonyl (C=O) groups is 1. The standard InChI is InChI=1S/C15H25N3O2/c1-5-11(2)18(3)9-8-15(19)17-13-7-6-12(16)10-14(13)20-4/h6-7,10-11H,5,8-9,16H2,1-4H3,(H,17,19). The van der Waals surface area contributed by atoms with E-state index >= 15 is 0 Å². The summed E-state index contributed by atoms with van der Waals surface area (Å²) in [6, 6.07) is 5.67. The van der Waals surface area contributed by atoms with Crippen molar-refractivity contribution >= 4 is 17.3 Å². The predicted molar refractivity (Wildman–Crippen MR) is 83.0 cm³/mol. The van der Waals surface area contributed by atoms with Crippen LogP contribution in [0.5, 0.6) is 5.75 Å². The van der Waals surface area contributed by atoms with Gasteiger partial charge in [0.1, 0.15) is 5.75 Å². The quantitative estimate of drug-likeness (QED) is 0.752. The zero-order valence-electron chi connectivity index (χ0n) is 12.8. The van der Waals surface area contributed by atoms with Gasteiger partial charge >= 0.3 is 0 Å². The highest BCUT2D eigenvalue weighted by atomic mass is 16.5. The number of carbonyl (C=O) groups excluding carboxylic acids is 1. The van der Waals surface area contributed by atoms with Crippen LogP contribution in [0.1, 0.15) is 26.7 Å². The molecule has 1 atom stereocenters. The number of hydrogen-bond acceptors (Lipinski definition) is 4. The first-order chi connectivity index (χ1) is 9.47. The molecule has 112 valence electrons. The summed E-state index contributed by atoms with van der Waals surface area (Å²) < 4.78 is 5.20. The number of nitrogens with two attached hydrogens (primary N) is 1. The van der Waals surface area contributed by atoms with Crippen LogP contribution in [0.2, 0.25) is 0 Å². The van der Waals surface area contributed by atoms with E-state index in [4.69, 9.17) is 10.5 Å². The first-order valence-electron chi connectivity index (χ1n) is 6.91.